The van der Waals surface area contributed by atoms with E-state index in [-0.39, 0.29) is 18.0 Å². The van der Waals surface area contributed by atoms with Crippen LogP contribution in [0.4, 0.5) is 18.9 Å². The molecule has 0 saturated carbocycles. The zero-order valence-corrected chi connectivity index (χ0v) is 12.5. The van der Waals surface area contributed by atoms with Crippen molar-refractivity contribution in [3.63, 3.8) is 0 Å². The minimum atomic E-state index is -4.44. The number of H-pyrrole nitrogens is 1. The molecule has 1 amide bonds. The first-order chi connectivity index (χ1) is 11.4. The van der Waals surface area contributed by atoms with E-state index in [9.17, 15) is 18.0 Å². The van der Waals surface area contributed by atoms with Crippen LogP contribution < -0.4 is 5.32 Å². The van der Waals surface area contributed by atoms with Gasteiger partial charge in [-0.2, -0.15) is 13.2 Å². The number of carbonyl (C=O) groups excluding carboxylic acids is 1. The van der Waals surface area contributed by atoms with Gasteiger partial charge in [0, 0.05) is 18.5 Å². The Morgan fingerprint density at radius 3 is 2.67 bits per heavy atom. The number of nitrogens with zero attached hydrogens (tertiary/aromatic N) is 1. The molecule has 0 spiro atoms. The number of hydrogen-bond acceptors (Lipinski definition) is 2. The Morgan fingerprint density at radius 1 is 1.12 bits per heavy atom. The van der Waals surface area contributed by atoms with Crippen LogP contribution in [0.2, 0.25) is 0 Å². The number of para-hydroxylation sites is 2. The third-order valence-corrected chi connectivity index (χ3v) is 3.50. The number of halogens is 3. The first-order valence-corrected chi connectivity index (χ1v) is 7.32. The van der Waals surface area contributed by atoms with Gasteiger partial charge < -0.3 is 10.3 Å². The molecule has 0 aliphatic carbocycles. The summed E-state index contributed by atoms with van der Waals surface area (Å²) in [5, 5.41) is 2.48. The van der Waals surface area contributed by atoms with Crippen LogP contribution in [0, 0.1) is 0 Å². The van der Waals surface area contributed by atoms with Crippen molar-refractivity contribution >= 4 is 22.6 Å². The van der Waals surface area contributed by atoms with Crippen molar-refractivity contribution in [2.75, 3.05) is 5.32 Å². The lowest BCUT2D eigenvalue weighted by atomic mass is 10.2. The molecule has 0 fully saturated rings. The van der Waals surface area contributed by atoms with Crippen LogP contribution in [0.1, 0.15) is 17.8 Å². The smallest absolute Gasteiger partial charge is 0.342 e. The molecule has 24 heavy (non-hydrogen) atoms. The molecule has 0 aliphatic rings. The molecule has 1 aromatic heterocycles. The number of benzene rings is 2. The summed E-state index contributed by atoms with van der Waals surface area (Å²) in [6.07, 6.45) is -3.94. The first-order valence-electron chi connectivity index (χ1n) is 7.32. The number of aryl methyl sites for hydroxylation is 1. The second-order valence-electron chi connectivity index (χ2n) is 5.33. The van der Waals surface area contributed by atoms with Crippen LogP contribution in [-0.2, 0) is 17.4 Å². The number of aromatic nitrogens is 2. The van der Waals surface area contributed by atoms with Gasteiger partial charge in [0.25, 0.3) is 0 Å². The fraction of sp³-hybridized carbons (Fsp3) is 0.176. The zero-order chi connectivity index (χ0) is 17.2. The molecule has 2 N–H and O–H groups in total. The number of fused-ring (bicyclic) bond motifs is 1. The second kappa shape index (κ2) is 6.35. The lowest BCUT2D eigenvalue weighted by Gasteiger charge is -2.09. The number of nitrogens with one attached hydrogen (secondary N) is 2. The summed E-state index contributed by atoms with van der Waals surface area (Å²) in [6, 6.07) is 12.1. The number of alkyl halides is 3. The normalized spacial score (nSPS) is 11.6. The molecular formula is C17H14F3N3O. The molecule has 1 heterocycles. The van der Waals surface area contributed by atoms with Gasteiger partial charge in [0.05, 0.1) is 16.6 Å². The number of imidazole rings is 1. The molecule has 0 atom stereocenters. The van der Waals surface area contributed by atoms with E-state index in [2.05, 4.69) is 15.3 Å². The van der Waals surface area contributed by atoms with Crippen molar-refractivity contribution in [3.05, 3.63) is 59.9 Å². The van der Waals surface area contributed by atoms with Crippen molar-refractivity contribution < 1.29 is 18.0 Å². The predicted octanol–water partition coefficient (Wildman–Crippen LogP) is 4.15. The summed E-state index contributed by atoms with van der Waals surface area (Å²) >= 11 is 0. The summed E-state index contributed by atoms with van der Waals surface area (Å²) < 4.78 is 38.0. The van der Waals surface area contributed by atoms with Crippen LogP contribution in [0.15, 0.2) is 48.5 Å². The van der Waals surface area contributed by atoms with Crippen LogP contribution >= 0.6 is 0 Å². The quantitative estimate of drug-likeness (QED) is 0.753. The molecule has 4 nitrogen and oxygen atoms in total. The van der Waals surface area contributed by atoms with Crippen LogP contribution in [0.5, 0.6) is 0 Å². The number of hydrogen-bond donors (Lipinski definition) is 2. The summed E-state index contributed by atoms with van der Waals surface area (Å²) in [5.41, 5.74) is 1.02. The fourth-order valence-corrected chi connectivity index (χ4v) is 2.35. The maximum absolute atomic E-state index is 12.7. The van der Waals surface area contributed by atoms with E-state index in [1.54, 1.807) is 0 Å². The number of carbonyl (C=O) groups is 1. The van der Waals surface area contributed by atoms with E-state index in [1.807, 2.05) is 24.3 Å². The first kappa shape index (κ1) is 16.0. The van der Waals surface area contributed by atoms with Crippen LogP contribution in [-0.4, -0.2) is 15.9 Å². The van der Waals surface area contributed by atoms with E-state index in [4.69, 9.17) is 0 Å². The van der Waals surface area contributed by atoms with Gasteiger partial charge >= 0.3 is 6.18 Å². The number of anilines is 1. The largest absolute Gasteiger partial charge is 0.416 e. The Kier molecular flexibility index (Phi) is 4.24. The third-order valence-electron chi connectivity index (χ3n) is 3.50. The van der Waals surface area contributed by atoms with Crippen molar-refractivity contribution in [1.82, 2.24) is 9.97 Å². The van der Waals surface area contributed by atoms with E-state index < -0.39 is 11.7 Å². The standard InChI is InChI=1S/C17H14F3N3O/c18-17(19,20)11-4-3-5-12(10-11)21-16(24)9-8-15-22-13-6-1-2-7-14(13)23-15/h1-7,10H,8-9H2,(H,21,24)(H,22,23). The average Bonchev–Trinajstić information content (AvgIpc) is 2.95. The molecule has 124 valence electrons. The third kappa shape index (κ3) is 3.73. The highest BCUT2D eigenvalue weighted by Crippen LogP contribution is 2.30. The fourth-order valence-electron chi connectivity index (χ4n) is 2.35. The maximum atomic E-state index is 12.7. The van der Waals surface area contributed by atoms with Gasteiger partial charge in [0.15, 0.2) is 0 Å². The van der Waals surface area contributed by atoms with Gasteiger partial charge in [-0.15, -0.1) is 0 Å². The molecule has 3 rings (SSSR count). The van der Waals surface area contributed by atoms with Gasteiger partial charge in [-0.05, 0) is 30.3 Å². The zero-order valence-electron chi connectivity index (χ0n) is 12.5. The molecule has 0 aliphatic heterocycles. The Balaban J connectivity index is 1.61. The monoisotopic (exact) mass is 333 g/mol. The summed E-state index contributed by atoms with van der Waals surface area (Å²) in [4.78, 5) is 19.4. The van der Waals surface area contributed by atoms with E-state index >= 15 is 0 Å². The minimum absolute atomic E-state index is 0.121. The van der Waals surface area contributed by atoms with Gasteiger partial charge in [0.2, 0.25) is 5.91 Å². The SMILES string of the molecule is O=C(CCc1nc2ccccc2[nH]1)Nc1cccc(C(F)(F)F)c1. The Hall–Kier alpha value is -2.83. The second-order valence-corrected chi connectivity index (χ2v) is 5.33. The maximum Gasteiger partial charge on any atom is 0.416 e. The highest BCUT2D eigenvalue weighted by Gasteiger charge is 2.30. The number of amides is 1. The topological polar surface area (TPSA) is 57.8 Å². The molecule has 0 radical (unpaired) electrons. The van der Waals surface area contributed by atoms with Gasteiger partial charge in [-0.3, -0.25) is 4.79 Å². The van der Waals surface area contributed by atoms with E-state index in [0.717, 1.165) is 23.2 Å². The highest BCUT2D eigenvalue weighted by molar-refractivity contribution is 5.90. The number of rotatable bonds is 4. The molecule has 0 bridgehead atoms. The van der Waals surface area contributed by atoms with Gasteiger partial charge in [-0.1, -0.05) is 18.2 Å². The van der Waals surface area contributed by atoms with Crippen molar-refractivity contribution in [2.24, 2.45) is 0 Å². The van der Waals surface area contributed by atoms with E-state index in [1.165, 1.54) is 12.1 Å². The molecular weight excluding hydrogens is 319 g/mol. The van der Waals surface area contributed by atoms with Crippen LogP contribution in [0.3, 0.4) is 0 Å². The van der Waals surface area contributed by atoms with Crippen LogP contribution in [0.25, 0.3) is 11.0 Å². The summed E-state index contributed by atoms with van der Waals surface area (Å²) in [5.74, 6) is 0.296. The Labute approximate surface area is 135 Å². The van der Waals surface area contributed by atoms with Gasteiger partial charge in [0.1, 0.15) is 5.82 Å². The molecule has 7 heteroatoms. The Morgan fingerprint density at radius 2 is 1.92 bits per heavy atom. The van der Waals surface area contributed by atoms with Crippen molar-refractivity contribution in [1.29, 1.82) is 0 Å². The highest BCUT2D eigenvalue weighted by atomic mass is 19.4. The van der Waals surface area contributed by atoms with Gasteiger partial charge in [-0.25, -0.2) is 4.98 Å². The van der Waals surface area contributed by atoms with Crippen molar-refractivity contribution in [2.45, 2.75) is 19.0 Å². The van der Waals surface area contributed by atoms with E-state index in [0.29, 0.717) is 12.2 Å². The van der Waals surface area contributed by atoms with Crippen molar-refractivity contribution in [3.8, 4) is 0 Å². The Bertz CT molecular complexity index is 838. The molecule has 0 saturated heterocycles. The average molecular weight is 333 g/mol. The molecule has 3 aromatic rings. The lowest BCUT2D eigenvalue weighted by molar-refractivity contribution is -0.137. The lowest BCUT2D eigenvalue weighted by Crippen LogP contribution is -2.13. The summed E-state index contributed by atoms with van der Waals surface area (Å²) in [7, 11) is 0. The summed E-state index contributed by atoms with van der Waals surface area (Å²) in [6.45, 7) is 0. The number of aromatic amines is 1. The molecule has 2 aromatic carbocycles. The minimum Gasteiger partial charge on any atom is -0.342 e. The molecule has 0 unspecified atom stereocenters. The predicted molar refractivity (Wildman–Crippen MR) is 84.5 cm³/mol.